The summed E-state index contributed by atoms with van der Waals surface area (Å²) in [7, 11) is 0. The van der Waals surface area contributed by atoms with Crippen molar-refractivity contribution in [2.45, 2.75) is 19.6 Å². The maximum Gasteiger partial charge on any atom is 0.261 e. The molecular weight excluding hydrogens is 264 g/mol. The highest BCUT2D eigenvalue weighted by molar-refractivity contribution is 6.30. The molecule has 0 saturated carbocycles. The third-order valence-corrected chi connectivity index (χ3v) is 2.88. The minimum absolute atomic E-state index is 0.156. The van der Waals surface area contributed by atoms with Gasteiger partial charge in [0.15, 0.2) is 6.10 Å². The van der Waals surface area contributed by atoms with Crippen LogP contribution in [0, 0.1) is 0 Å². The van der Waals surface area contributed by atoms with E-state index in [1.807, 2.05) is 18.5 Å². The van der Waals surface area contributed by atoms with Crippen LogP contribution in [0.2, 0.25) is 5.02 Å². The average molecular weight is 279 g/mol. The Morgan fingerprint density at radius 2 is 2.11 bits per heavy atom. The lowest BCUT2D eigenvalue weighted by atomic mass is 10.3. The topological polar surface area (TPSA) is 54.1 Å². The normalized spacial score (nSPS) is 11.9. The van der Waals surface area contributed by atoms with Crippen LogP contribution < -0.4 is 10.1 Å². The minimum atomic E-state index is -0.555. The second-order valence-electron chi connectivity index (χ2n) is 4.15. The minimum Gasteiger partial charge on any atom is -0.481 e. The van der Waals surface area contributed by atoms with Crippen molar-refractivity contribution < 1.29 is 9.53 Å². The zero-order valence-corrected chi connectivity index (χ0v) is 11.3. The molecule has 5 heteroatoms. The second kappa shape index (κ2) is 6.29. The van der Waals surface area contributed by atoms with Crippen molar-refractivity contribution in [3.8, 4) is 5.75 Å². The molecule has 1 aromatic carbocycles. The molecule has 1 heterocycles. The number of hydrogen-bond donors (Lipinski definition) is 2. The Balaban J connectivity index is 1.83. The molecule has 2 aromatic rings. The molecule has 2 rings (SSSR count). The van der Waals surface area contributed by atoms with E-state index < -0.39 is 6.10 Å². The smallest absolute Gasteiger partial charge is 0.261 e. The lowest BCUT2D eigenvalue weighted by Crippen LogP contribution is -2.35. The number of ether oxygens (including phenoxy) is 1. The Morgan fingerprint density at radius 1 is 1.37 bits per heavy atom. The molecule has 0 radical (unpaired) electrons. The van der Waals surface area contributed by atoms with Gasteiger partial charge >= 0.3 is 0 Å². The Kier molecular flexibility index (Phi) is 4.47. The van der Waals surface area contributed by atoms with Gasteiger partial charge in [-0.1, -0.05) is 11.6 Å². The molecule has 1 atom stereocenters. The molecule has 0 aliphatic rings. The molecule has 0 aliphatic heterocycles. The molecular formula is C14H15ClN2O2. The first-order valence-electron chi connectivity index (χ1n) is 5.97. The van der Waals surface area contributed by atoms with Crippen LogP contribution in [0.4, 0.5) is 0 Å². The third kappa shape index (κ3) is 4.03. The highest BCUT2D eigenvalue weighted by Crippen LogP contribution is 2.16. The van der Waals surface area contributed by atoms with Crippen molar-refractivity contribution in [1.82, 2.24) is 10.3 Å². The lowest BCUT2D eigenvalue weighted by Gasteiger charge is -2.14. The number of aromatic nitrogens is 1. The number of rotatable bonds is 5. The Hall–Kier alpha value is -1.94. The molecule has 4 nitrogen and oxygen atoms in total. The summed E-state index contributed by atoms with van der Waals surface area (Å²) in [6.07, 6.45) is 3.10. The fourth-order valence-electron chi connectivity index (χ4n) is 1.57. The molecule has 0 aliphatic carbocycles. The van der Waals surface area contributed by atoms with Crippen LogP contribution in [-0.4, -0.2) is 17.0 Å². The number of amides is 1. The maximum atomic E-state index is 11.8. The van der Waals surface area contributed by atoms with Crippen molar-refractivity contribution in [3.05, 3.63) is 53.3 Å². The van der Waals surface area contributed by atoms with E-state index in [0.29, 0.717) is 17.3 Å². The van der Waals surface area contributed by atoms with E-state index in [2.05, 4.69) is 10.3 Å². The number of aromatic amines is 1. The summed E-state index contributed by atoms with van der Waals surface area (Å²) in [5, 5.41) is 3.44. The standard InChI is InChI=1S/C14H15ClN2O2/c1-10(19-13-4-2-12(15)3-5-13)14(18)17-9-11-6-7-16-8-11/h2-8,10,16H,9H2,1H3,(H,17,18). The Bertz CT molecular complexity index is 523. The van der Waals surface area contributed by atoms with Gasteiger partial charge in [0.25, 0.3) is 5.91 Å². The zero-order chi connectivity index (χ0) is 13.7. The molecule has 0 spiro atoms. The number of hydrogen-bond acceptors (Lipinski definition) is 2. The van der Waals surface area contributed by atoms with Gasteiger partial charge in [-0.15, -0.1) is 0 Å². The zero-order valence-electron chi connectivity index (χ0n) is 10.5. The highest BCUT2D eigenvalue weighted by Gasteiger charge is 2.14. The maximum absolute atomic E-state index is 11.8. The van der Waals surface area contributed by atoms with Crippen LogP contribution in [0.25, 0.3) is 0 Å². The van der Waals surface area contributed by atoms with Crippen molar-refractivity contribution in [3.63, 3.8) is 0 Å². The first kappa shape index (κ1) is 13.5. The molecule has 100 valence electrons. The van der Waals surface area contributed by atoms with Gasteiger partial charge in [0, 0.05) is 24.0 Å². The summed E-state index contributed by atoms with van der Waals surface area (Å²) in [6, 6.07) is 8.82. The monoisotopic (exact) mass is 278 g/mol. The summed E-state index contributed by atoms with van der Waals surface area (Å²) in [4.78, 5) is 14.8. The number of H-pyrrole nitrogens is 1. The number of halogens is 1. The molecule has 1 unspecified atom stereocenters. The van der Waals surface area contributed by atoms with Gasteiger partial charge < -0.3 is 15.0 Å². The van der Waals surface area contributed by atoms with E-state index in [4.69, 9.17) is 16.3 Å². The fraction of sp³-hybridized carbons (Fsp3) is 0.214. The second-order valence-corrected chi connectivity index (χ2v) is 4.59. The largest absolute Gasteiger partial charge is 0.481 e. The third-order valence-electron chi connectivity index (χ3n) is 2.62. The summed E-state index contributed by atoms with van der Waals surface area (Å²) in [6.45, 7) is 2.19. The lowest BCUT2D eigenvalue weighted by molar-refractivity contribution is -0.127. The Labute approximate surface area is 116 Å². The van der Waals surface area contributed by atoms with Gasteiger partial charge in [0.1, 0.15) is 5.75 Å². The van der Waals surface area contributed by atoms with Crippen LogP contribution in [0.3, 0.4) is 0 Å². The summed E-state index contributed by atoms with van der Waals surface area (Å²) in [5.41, 5.74) is 1.02. The molecule has 1 aromatic heterocycles. The van der Waals surface area contributed by atoms with Crippen molar-refractivity contribution in [2.24, 2.45) is 0 Å². The van der Waals surface area contributed by atoms with E-state index in [9.17, 15) is 4.79 Å². The van der Waals surface area contributed by atoms with E-state index >= 15 is 0 Å². The molecule has 0 fully saturated rings. The first-order chi connectivity index (χ1) is 9.15. The van der Waals surface area contributed by atoms with Crippen molar-refractivity contribution in [1.29, 1.82) is 0 Å². The number of benzene rings is 1. The number of carbonyl (C=O) groups excluding carboxylic acids is 1. The first-order valence-corrected chi connectivity index (χ1v) is 6.34. The number of carbonyl (C=O) groups is 1. The van der Waals surface area contributed by atoms with Gasteiger partial charge in [-0.3, -0.25) is 4.79 Å². The van der Waals surface area contributed by atoms with Crippen LogP contribution >= 0.6 is 11.6 Å². The van der Waals surface area contributed by atoms with E-state index in [1.165, 1.54) is 0 Å². The quantitative estimate of drug-likeness (QED) is 0.884. The van der Waals surface area contributed by atoms with Crippen LogP contribution in [0.15, 0.2) is 42.7 Å². The van der Waals surface area contributed by atoms with E-state index in [1.54, 1.807) is 31.2 Å². The van der Waals surface area contributed by atoms with Gasteiger partial charge in [-0.05, 0) is 42.8 Å². The summed E-state index contributed by atoms with van der Waals surface area (Å²) >= 11 is 5.78. The highest BCUT2D eigenvalue weighted by atomic mass is 35.5. The SMILES string of the molecule is CC(Oc1ccc(Cl)cc1)C(=O)NCc1cc[nH]c1. The number of nitrogens with one attached hydrogen (secondary N) is 2. The molecule has 2 N–H and O–H groups in total. The van der Waals surface area contributed by atoms with Gasteiger partial charge in [-0.25, -0.2) is 0 Å². The predicted octanol–water partition coefficient (Wildman–Crippen LogP) is 2.75. The van der Waals surface area contributed by atoms with Crippen LogP contribution in [0.5, 0.6) is 5.75 Å². The van der Waals surface area contributed by atoms with E-state index in [-0.39, 0.29) is 5.91 Å². The van der Waals surface area contributed by atoms with Gasteiger partial charge in [-0.2, -0.15) is 0 Å². The van der Waals surface area contributed by atoms with Gasteiger partial charge in [0.05, 0.1) is 0 Å². The van der Waals surface area contributed by atoms with Crippen LogP contribution in [0.1, 0.15) is 12.5 Å². The van der Waals surface area contributed by atoms with E-state index in [0.717, 1.165) is 5.56 Å². The molecule has 19 heavy (non-hydrogen) atoms. The summed E-state index contributed by atoms with van der Waals surface area (Å²) in [5.74, 6) is 0.463. The molecule has 0 saturated heterocycles. The summed E-state index contributed by atoms with van der Waals surface area (Å²) < 4.78 is 5.52. The Morgan fingerprint density at radius 3 is 2.74 bits per heavy atom. The van der Waals surface area contributed by atoms with Gasteiger partial charge in [0.2, 0.25) is 0 Å². The molecule has 0 bridgehead atoms. The molecule has 1 amide bonds. The average Bonchev–Trinajstić information content (AvgIpc) is 2.91. The van der Waals surface area contributed by atoms with Crippen LogP contribution in [-0.2, 0) is 11.3 Å². The predicted molar refractivity (Wildman–Crippen MR) is 74.2 cm³/mol. The fourth-order valence-corrected chi connectivity index (χ4v) is 1.70. The van der Waals surface area contributed by atoms with Crippen molar-refractivity contribution in [2.75, 3.05) is 0 Å². The van der Waals surface area contributed by atoms with Crippen molar-refractivity contribution >= 4 is 17.5 Å².